The van der Waals surface area contributed by atoms with Gasteiger partial charge in [0.1, 0.15) is 11.6 Å². The summed E-state index contributed by atoms with van der Waals surface area (Å²) < 4.78 is 5.14. The first-order valence-electron chi connectivity index (χ1n) is 8.96. The Morgan fingerprint density at radius 3 is 2.40 bits per heavy atom. The van der Waals surface area contributed by atoms with Gasteiger partial charge in [-0.2, -0.15) is 0 Å². The second-order valence-electron chi connectivity index (χ2n) is 6.25. The van der Waals surface area contributed by atoms with E-state index in [1.807, 2.05) is 0 Å². The quantitative estimate of drug-likeness (QED) is 0.273. The van der Waals surface area contributed by atoms with Crippen molar-refractivity contribution >= 4 is 41.4 Å². The Balaban J connectivity index is 0.00000450. The number of hydrogen-bond donors (Lipinski definition) is 5. The summed E-state index contributed by atoms with van der Waals surface area (Å²) in [6.45, 7) is 0.536. The molecule has 0 saturated carbocycles. The van der Waals surface area contributed by atoms with E-state index in [2.05, 4.69) is 5.32 Å². The van der Waals surface area contributed by atoms with Crippen LogP contribution in [0.3, 0.4) is 0 Å². The molecule has 2 aromatic carbocycles. The van der Waals surface area contributed by atoms with E-state index in [9.17, 15) is 15.0 Å². The first-order chi connectivity index (χ1) is 13.9. The molecular formula is C20H26Cl2N4O4. The molecule has 2 aromatic rings. The molecule has 0 aliphatic carbocycles. The SMILES string of the molecule is COc1cc(Cl)cc(C(=O)NCc2ccc(C(=N)N)cc2N(CCO)CCO)c1.Cl. The van der Waals surface area contributed by atoms with Crippen LogP contribution in [0.1, 0.15) is 21.5 Å². The minimum atomic E-state index is -0.330. The van der Waals surface area contributed by atoms with Crippen molar-refractivity contribution in [1.82, 2.24) is 5.32 Å². The maximum Gasteiger partial charge on any atom is 0.251 e. The van der Waals surface area contributed by atoms with Gasteiger partial charge in [0.15, 0.2) is 0 Å². The van der Waals surface area contributed by atoms with E-state index in [-0.39, 0.29) is 57.0 Å². The van der Waals surface area contributed by atoms with E-state index in [0.29, 0.717) is 27.6 Å². The van der Waals surface area contributed by atoms with Gasteiger partial charge >= 0.3 is 0 Å². The zero-order valence-corrected chi connectivity index (χ0v) is 18.1. The predicted molar refractivity (Wildman–Crippen MR) is 120 cm³/mol. The van der Waals surface area contributed by atoms with Crippen molar-refractivity contribution in [3.8, 4) is 5.75 Å². The molecule has 6 N–H and O–H groups in total. The third-order valence-electron chi connectivity index (χ3n) is 4.29. The summed E-state index contributed by atoms with van der Waals surface area (Å²) in [7, 11) is 1.49. The fraction of sp³-hybridized carbons (Fsp3) is 0.300. The predicted octanol–water partition coefficient (Wildman–Crippen LogP) is 1.78. The second-order valence-corrected chi connectivity index (χ2v) is 6.69. The van der Waals surface area contributed by atoms with Gasteiger partial charge in [-0.3, -0.25) is 10.2 Å². The topological polar surface area (TPSA) is 132 Å². The Bertz CT molecular complexity index is 874. The Kier molecular flexibility index (Phi) is 10.4. The number of nitrogen functional groups attached to an aromatic ring is 1. The van der Waals surface area contributed by atoms with Crippen molar-refractivity contribution < 1.29 is 19.7 Å². The summed E-state index contributed by atoms with van der Waals surface area (Å²) in [5.41, 5.74) is 7.88. The van der Waals surface area contributed by atoms with Crippen LogP contribution in [0.15, 0.2) is 36.4 Å². The van der Waals surface area contributed by atoms with Crippen LogP contribution in [-0.4, -0.2) is 55.4 Å². The number of carbonyl (C=O) groups excluding carboxylic acids is 1. The molecule has 2 rings (SSSR count). The van der Waals surface area contributed by atoms with Crippen molar-refractivity contribution in [3.05, 3.63) is 58.1 Å². The molecule has 1 amide bonds. The number of carbonyl (C=O) groups is 1. The largest absolute Gasteiger partial charge is 0.497 e. The van der Waals surface area contributed by atoms with Crippen molar-refractivity contribution in [2.24, 2.45) is 5.73 Å². The highest BCUT2D eigenvalue weighted by molar-refractivity contribution is 6.31. The molecule has 0 saturated heterocycles. The van der Waals surface area contributed by atoms with Gasteiger partial charge in [0, 0.05) is 41.5 Å². The Hall–Kier alpha value is -2.52. The van der Waals surface area contributed by atoms with Gasteiger partial charge in [-0.15, -0.1) is 12.4 Å². The molecule has 0 aliphatic rings. The van der Waals surface area contributed by atoms with Crippen LogP contribution in [0, 0.1) is 5.41 Å². The summed E-state index contributed by atoms with van der Waals surface area (Å²) in [5, 5.41) is 29.6. The number of aliphatic hydroxyl groups excluding tert-OH is 2. The van der Waals surface area contributed by atoms with Gasteiger partial charge in [-0.1, -0.05) is 23.7 Å². The normalized spacial score (nSPS) is 10.1. The molecule has 8 nitrogen and oxygen atoms in total. The van der Waals surface area contributed by atoms with Gasteiger partial charge < -0.3 is 30.9 Å². The molecule has 0 atom stereocenters. The third-order valence-corrected chi connectivity index (χ3v) is 4.50. The number of rotatable bonds is 10. The van der Waals surface area contributed by atoms with Crippen LogP contribution in [-0.2, 0) is 6.54 Å². The zero-order valence-electron chi connectivity index (χ0n) is 16.5. The molecule has 0 aliphatic heterocycles. The summed E-state index contributed by atoms with van der Waals surface area (Å²) >= 11 is 6.03. The van der Waals surface area contributed by atoms with Crippen LogP contribution >= 0.6 is 24.0 Å². The molecule has 0 fully saturated rings. The number of benzene rings is 2. The number of anilines is 1. The van der Waals surface area contributed by atoms with Crippen molar-refractivity contribution in [3.63, 3.8) is 0 Å². The minimum absolute atomic E-state index is 0. The molecule has 0 bridgehead atoms. The second kappa shape index (κ2) is 12.2. The molecule has 30 heavy (non-hydrogen) atoms. The van der Waals surface area contributed by atoms with Gasteiger partial charge in [0.2, 0.25) is 0 Å². The van der Waals surface area contributed by atoms with E-state index in [1.54, 1.807) is 41.3 Å². The number of methoxy groups -OCH3 is 1. The fourth-order valence-corrected chi connectivity index (χ4v) is 3.08. The number of halogens is 2. The van der Waals surface area contributed by atoms with E-state index in [1.165, 1.54) is 7.11 Å². The number of hydrogen-bond acceptors (Lipinski definition) is 6. The molecule has 0 aromatic heterocycles. The van der Waals surface area contributed by atoms with Crippen LogP contribution in [0.4, 0.5) is 5.69 Å². The Morgan fingerprint density at radius 2 is 1.83 bits per heavy atom. The van der Waals surface area contributed by atoms with E-state index >= 15 is 0 Å². The van der Waals surface area contributed by atoms with Gasteiger partial charge in [0.05, 0.1) is 20.3 Å². The van der Waals surface area contributed by atoms with Crippen molar-refractivity contribution in [2.45, 2.75) is 6.54 Å². The lowest BCUT2D eigenvalue weighted by atomic mass is 10.1. The molecule has 0 unspecified atom stereocenters. The standard InChI is InChI=1S/C20H25ClN4O4.ClH/c1-29-17-9-15(8-16(21)11-17)20(28)24-12-14-3-2-13(19(22)23)10-18(14)25(4-6-26)5-7-27;/h2-3,8-11,26-27H,4-7,12H2,1H3,(H3,22,23)(H,24,28);1H. The molecule has 10 heteroatoms. The van der Waals surface area contributed by atoms with Gasteiger partial charge in [-0.05, 0) is 29.8 Å². The highest BCUT2D eigenvalue weighted by Gasteiger charge is 2.15. The number of aliphatic hydroxyl groups is 2. The van der Waals surface area contributed by atoms with E-state index in [4.69, 9.17) is 27.5 Å². The lowest BCUT2D eigenvalue weighted by molar-refractivity contribution is 0.0950. The first-order valence-corrected chi connectivity index (χ1v) is 9.34. The maximum atomic E-state index is 12.6. The number of ether oxygens (including phenoxy) is 1. The Morgan fingerprint density at radius 1 is 1.17 bits per heavy atom. The highest BCUT2D eigenvalue weighted by atomic mass is 35.5. The van der Waals surface area contributed by atoms with E-state index < -0.39 is 0 Å². The number of amides is 1. The monoisotopic (exact) mass is 456 g/mol. The van der Waals surface area contributed by atoms with E-state index in [0.717, 1.165) is 5.56 Å². The first kappa shape index (κ1) is 25.5. The molecule has 0 spiro atoms. The van der Waals surface area contributed by atoms with Crippen LogP contribution < -0.4 is 20.7 Å². The maximum absolute atomic E-state index is 12.6. The number of nitrogens with two attached hydrogens (primary N) is 1. The number of amidine groups is 1. The molecule has 164 valence electrons. The molecule has 0 radical (unpaired) electrons. The number of nitrogens with zero attached hydrogens (tertiary/aromatic N) is 1. The number of nitrogens with one attached hydrogen (secondary N) is 2. The average Bonchev–Trinajstić information content (AvgIpc) is 2.71. The summed E-state index contributed by atoms with van der Waals surface area (Å²) in [6, 6.07) is 9.89. The smallest absolute Gasteiger partial charge is 0.251 e. The van der Waals surface area contributed by atoms with Gasteiger partial charge in [-0.25, -0.2) is 0 Å². The minimum Gasteiger partial charge on any atom is -0.497 e. The summed E-state index contributed by atoms with van der Waals surface area (Å²) in [5.74, 6) is 0.0512. The molecule has 0 heterocycles. The van der Waals surface area contributed by atoms with Crippen molar-refractivity contribution in [1.29, 1.82) is 5.41 Å². The lowest BCUT2D eigenvalue weighted by Gasteiger charge is -2.26. The summed E-state index contributed by atoms with van der Waals surface area (Å²) in [6.07, 6.45) is 0. The fourth-order valence-electron chi connectivity index (χ4n) is 2.86. The van der Waals surface area contributed by atoms with Crippen LogP contribution in [0.5, 0.6) is 5.75 Å². The third kappa shape index (κ3) is 6.77. The Labute approximate surface area is 186 Å². The molecular weight excluding hydrogens is 431 g/mol. The van der Waals surface area contributed by atoms with Crippen molar-refractivity contribution in [2.75, 3.05) is 38.3 Å². The van der Waals surface area contributed by atoms with Crippen LogP contribution in [0.2, 0.25) is 5.02 Å². The lowest BCUT2D eigenvalue weighted by Crippen LogP contribution is -2.32. The summed E-state index contributed by atoms with van der Waals surface area (Å²) in [4.78, 5) is 14.3. The average molecular weight is 457 g/mol. The zero-order chi connectivity index (χ0) is 21.4. The van der Waals surface area contributed by atoms with Crippen LogP contribution in [0.25, 0.3) is 0 Å². The van der Waals surface area contributed by atoms with Gasteiger partial charge in [0.25, 0.3) is 5.91 Å². The highest BCUT2D eigenvalue weighted by Crippen LogP contribution is 2.24.